The second-order valence-corrected chi connectivity index (χ2v) is 5.08. The number of nitrogens with two attached hydrogens (primary N) is 1. The highest BCUT2D eigenvalue weighted by atomic mass is 35.5. The third-order valence-electron chi connectivity index (χ3n) is 3.49. The average Bonchev–Trinajstić information content (AvgIpc) is 2.34. The fourth-order valence-electron chi connectivity index (χ4n) is 2.66. The van der Waals surface area contributed by atoms with E-state index in [1.807, 2.05) is 0 Å². The zero-order valence-electron chi connectivity index (χ0n) is 10.3. The Hall–Kier alpha value is -0.960. The van der Waals surface area contributed by atoms with Crippen molar-refractivity contribution in [3.8, 4) is 0 Å². The predicted octanol–water partition coefficient (Wildman–Crippen LogP) is 3.48. The quantitative estimate of drug-likeness (QED) is 0.897. The highest BCUT2D eigenvalue weighted by molar-refractivity contribution is 6.30. The summed E-state index contributed by atoms with van der Waals surface area (Å²) in [5.74, 6) is 0.892. The van der Waals surface area contributed by atoms with Gasteiger partial charge in [-0.05, 0) is 25.8 Å². The lowest BCUT2D eigenvalue weighted by Gasteiger charge is -2.35. The third kappa shape index (κ3) is 2.83. The first kappa shape index (κ1) is 12.5. The van der Waals surface area contributed by atoms with Gasteiger partial charge in [0.05, 0.1) is 10.7 Å². The number of hydrogen-bond donors (Lipinski definition) is 1. The van der Waals surface area contributed by atoms with Crippen LogP contribution in [0.25, 0.3) is 0 Å². The van der Waals surface area contributed by atoms with Crippen molar-refractivity contribution in [3.05, 3.63) is 17.3 Å². The van der Waals surface area contributed by atoms with E-state index in [0.717, 1.165) is 12.4 Å². The van der Waals surface area contributed by atoms with E-state index in [-0.39, 0.29) is 0 Å². The van der Waals surface area contributed by atoms with Crippen LogP contribution in [0.2, 0.25) is 5.02 Å². The lowest BCUT2D eigenvalue weighted by molar-refractivity contribution is 0.416. The fourth-order valence-corrected chi connectivity index (χ4v) is 2.83. The molecule has 0 amide bonds. The molecule has 0 radical (unpaired) electrons. The van der Waals surface area contributed by atoms with Crippen molar-refractivity contribution in [1.29, 1.82) is 0 Å². The Balaban J connectivity index is 2.21. The molecule has 2 rings (SSSR count). The monoisotopic (exact) mass is 253 g/mol. The van der Waals surface area contributed by atoms with E-state index in [9.17, 15) is 0 Å². The molecular weight excluding hydrogens is 234 g/mol. The Morgan fingerprint density at radius 2 is 2.12 bits per heavy atom. The minimum Gasteiger partial charge on any atom is -0.396 e. The summed E-state index contributed by atoms with van der Waals surface area (Å²) < 4.78 is 0. The minimum absolute atomic E-state index is 0.588. The zero-order chi connectivity index (χ0) is 12.3. The van der Waals surface area contributed by atoms with Crippen molar-refractivity contribution in [2.24, 2.45) is 0 Å². The molecule has 1 aromatic heterocycles. The highest BCUT2D eigenvalue weighted by Crippen LogP contribution is 2.30. The van der Waals surface area contributed by atoms with Crippen LogP contribution in [0.5, 0.6) is 0 Å². The van der Waals surface area contributed by atoms with Crippen LogP contribution in [-0.2, 0) is 0 Å². The molecule has 1 heterocycles. The van der Waals surface area contributed by atoms with Crippen LogP contribution in [0.4, 0.5) is 11.5 Å². The van der Waals surface area contributed by atoms with Gasteiger partial charge < -0.3 is 10.6 Å². The molecule has 0 atom stereocenters. The molecule has 0 saturated heterocycles. The van der Waals surface area contributed by atoms with Gasteiger partial charge in [0, 0.05) is 18.8 Å². The molecule has 0 spiro atoms. The summed E-state index contributed by atoms with van der Waals surface area (Å²) in [6.45, 7) is 3.10. The SMILES string of the molecule is CCN(c1ncc(Cl)cc1N)C1CCCCC1. The molecule has 1 saturated carbocycles. The van der Waals surface area contributed by atoms with Gasteiger partial charge in [-0.15, -0.1) is 0 Å². The van der Waals surface area contributed by atoms with Crippen molar-refractivity contribution in [2.45, 2.75) is 45.1 Å². The molecule has 1 aliphatic rings. The summed E-state index contributed by atoms with van der Waals surface area (Å²) in [7, 11) is 0. The normalized spacial score (nSPS) is 17.1. The van der Waals surface area contributed by atoms with Gasteiger partial charge >= 0.3 is 0 Å². The van der Waals surface area contributed by atoms with Crippen LogP contribution in [0.1, 0.15) is 39.0 Å². The molecule has 0 unspecified atom stereocenters. The van der Waals surface area contributed by atoms with E-state index in [1.54, 1.807) is 12.3 Å². The van der Waals surface area contributed by atoms with Gasteiger partial charge in [-0.1, -0.05) is 30.9 Å². The van der Waals surface area contributed by atoms with Crippen LogP contribution < -0.4 is 10.6 Å². The Bertz CT molecular complexity index is 375. The molecule has 0 aromatic carbocycles. The van der Waals surface area contributed by atoms with Gasteiger partial charge in [0.25, 0.3) is 0 Å². The molecule has 94 valence electrons. The summed E-state index contributed by atoms with van der Waals surface area (Å²) in [5.41, 5.74) is 6.70. The number of rotatable bonds is 3. The van der Waals surface area contributed by atoms with E-state index in [0.29, 0.717) is 16.8 Å². The topological polar surface area (TPSA) is 42.2 Å². The van der Waals surface area contributed by atoms with Crippen molar-refractivity contribution >= 4 is 23.1 Å². The molecule has 2 N–H and O–H groups in total. The molecule has 4 heteroatoms. The smallest absolute Gasteiger partial charge is 0.152 e. The summed E-state index contributed by atoms with van der Waals surface area (Å²) in [4.78, 5) is 6.72. The van der Waals surface area contributed by atoms with Gasteiger partial charge in [0.2, 0.25) is 0 Å². The first-order chi connectivity index (χ1) is 8.22. The lowest BCUT2D eigenvalue weighted by atomic mass is 9.94. The highest BCUT2D eigenvalue weighted by Gasteiger charge is 2.22. The minimum atomic E-state index is 0.588. The number of hydrogen-bond acceptors (Lipinski definition) is 3. The predicted molar refractivity (Wildman–Crippen MR) is 73.6 cm³/mol. The van der Waals surface area contributed by atoms with Gasteiger partial charge in [0.1, 0.15) is 0 Å². The maximum absolute atomic E-state index is 6.02. The number of aromatic nitrogens is 1. The standard InChI is InChI=1S/C13H20ClN3/c1-2-17(11-6-4-3-5-7-11)13-12(15)8-10(14)9-16-13/h8-9,11H,2-7,15H2,1H3. The van der Waals surface area contributed by atoms with Crippen LogP contribution in [0, 0.1) is 0 Å². The Kier molecular flexibility index (Phi) is 4.11. The third-order valence-corrected chi connectivity index (χ3v) is 3.70. The van der Waals surface area contributed by atoms with Gasteiger partial charge in [-0.2, -0.15) is 0 Å². The second kappa shape index (κ2) is 5.58. The molecular formula is C13H20ClN3. The maximum Gasteiger partial charge on any atom is 0.152 e. The van der Waals surface area contributed by atoms with Crippen molar-refractivity contribution in [1.82, 2.24) is 4.98 Å². The largest absolute Gasteiger partial charge is 0.396 e. The number of anilines is 2. The Morgan fingerprint density at radius 3 is 2.71 bits per heavy atom. The molecule has 3 nitrogen and oxygen atoms in total. The van der Waals surface area contributed by atoms with E-state index >= 15 is 0 Å². The first-order valence-corrected chi connectivity index (χ1v) is 6.78. The van der Waals surface area contributed by atoms with E-state index in [4.69, 9.17) is 17.3 Å². The van der Waals surface area contributed by atoms with Crippen LogP contribution >= 0.6 is 11.6 Å². The summed E-state index contributed by atoms with van der Waals surface area (Å²) in [6.07, 6.45) is 8.16. The summed E-state index contributed by atoms with van der Waals surface area (Å²) in [6, 6.07) is 2.37. The number of halogens is 1. The van der Waals surface area contributed by atoms with Crippen molar-refractivity contribution in [3.63, 3.8) is 0 Å². The average molecular weight is 254 g/mol. The summed E-state index contributed by atoms with van der Waals surface area (Å²) >= 11 is 5.89. The Morgan fingerprint density at radius 1 is 1.41 bits per heavy atom. The van der Waals surface area contributed by atoms with Crippen molar-refractivity contribution in [2.75, 3.05) is 17.2 Å². The van der Waals surface area contributed by atoms with Crippen LogP contribution in [0.3, 0.4) is 0 Å². The van der Waals surface area contributed by atoms with Gasteiger partial charge in [-0.25, -0.2) is 4.98 Å². The zero-order valence-corrected chi connectivity index (χ0v) is 11.1. The maximum atomic E-state index is 6.02. The number of pyridine rings is 1. The number of nitrogens with zero attached hydrogens (tertiary/aromatic N) is 2. The molecule has 1 aliphatic carbocycles. The second-order valence-electron chi connectivity index (χ2n) is 4.64. The molecule has 1 aromatic rings. The lowest BCUT2D eigenvalue weighted by Crippen LogP contribution is -2.37. The van der Waals surface area contributed by atoms with Gasteiger partial charge in [0.15, 0.2) is 5.82 Å². The van der Waals surface area contributed by atoms with Crippen molar-refractivity contribution < 1.29 is 0 Å². The molecule has 17 heavy (non-hydrogen) atoms. The molecule has 1 fully saturated rings. The van der Waals surface area contributed by atoms with E-state index in [1.165, 1.54) is 32.1 Å². The molecule has 0 bridgehead atoms. The number of nitrogen functional groups attached to an aromatic ring is 1. The first-order valence-electron chi connectivity index (χ1n) is 6.40. The van der Waals surface area contributed by atoms with Crippen LogP contribution in [0.15, 0.2) is 12.3 Å². The van der Waals surface area contributed by atoms with Crippen LogP contribution in [-0.4, -0.2) is 17.6 Å². The molecule has 0 aliphatic heterocycles. The fraction of sp³-hybridized carbons (Fsp3) is 0.615. The summed E-state index contributed by atoms with van der Waals surface area (Å²) in [5, 5.41) is 0.603. The Labute approximate surface area is 108 Å². The van der Waals surface area contributed by atoms with E-state index < -0.39 is 0 Å². The van der Waals surface area contributed by atoms with Gasteiger partial charge in [-0.3, -0.25) is 0 Å². The van der Waals surface area contributed by atoms with E-state index in [2.05, 4.69) is 16.8 Å².